The van der Waals surface area contributed by atoms with Gasteiger partial charge in [0.05, 0.1) is 6.61 Å². The van der Waals surface area contributed by atoms with Crippen LogP contribution in [0.4, 0.5) is 5.69 Å². The van der Waals surface area contributed by atoms with E-state index in [-0.39, 0.29) is 0 Å². The van der Waals surface area contributed by atoms with Gasteiger partial charge in [-0.3, -0.25) is 0 Å². The van der Waals surface area contributed by atoms with Crippen LogP contribution in [-0.2, 0) is 13.0 Å². The van der Waals surface area contributed by atoms with E-state index >= 15 is 0 Å². The van der Waals surface area contributed by atoms with Crippen molar-refractivity contribution in [1.29, 1.82) is 0 Å². The van der Waals surface area contributed by atoms with Gasteiger partial charge in [0.15, 0.2) is 0 Å². The van der Waals surface area contributed by atoms with Crippen LogP contribution in [0.2, 0.25) is 0 Å². The minimum Gasteiger partial charge on any atom is -0.494 e. The molecule has 0 aromatic heterocycles. The molecule has 2 aromatic rings. The van der Waals surface area contributed by atoms with Crippen molar-refractivity contribution < 1.29 is 4.74 Å². The van der Waals surface area contributed by atoms with Gasteiger partial charge in [-0.15, -0.1) is 0 Å². The van der Waals surface area contributed by atoms with Crippen molar-refractivity contribution in [2.75, 3.05) is 11.9 Å². The van der Waals surface area contributed by atoms with E-state index in [4.69, 9.17) is 4.74 Å². The second kappa shape index (κ2) is 8.47. The van der Waals surface area contributed by atoms with Crippen LogP contribution in [0, 0.1) is 6.92 Å². The molecule has 2 rings (SSSR count). The maximum Gasteiger partial charge on any atom is 0.119 e. The van der Waals surface area contributed by atoms with E-state index in [0.29, 0.717) is 0 Å². The van der Waals surface area contributed by atoms with E-state index < -0.39 is 0 Å². The second-order valence-electron chi connectivity index (χ2n) is 5.66. The highest BCUT2D eigenvalue weighted by atomic mass is 16.5. The quantitative estimate of drug-likeness (QED) is 0.663. The molecular formula is C20H27NO. The fourth-order valence-electron chi connectivity index (χ4n) is 2.50. The lowest BCUT2D eigenvalue weighted by atomic mass is 10.1. The van der Waals surface area contributed by atoms with Crippen molar-refractivity contribution in [3.05, 3.63) is 59.2 Å². The molecule has 0 saturated carbocycles. The molecule has 0 aliphatic rings. The number of hydrogen-bond donors (Lipinski definition) is 1. The summed E-state index contributed by atoms with van der Waals surface area (Å²) in [5.41, 5.74) is 5.22. The number of ether oxygens (including phenoxy) is 1. The topological polar surface area (TPSA) is 21.3 Å². The number of unbranched alkanes of at least 4 members (excludes halogenated alkanes) is 1. The summed E-state index contributed by atoms with van der Waals surface area (Å²) >= 11 is 0. The van der Waals surface area contributed by atoms with Gasteiger partial charge in [0, 0.05) is 12.2 Å². The van der Waals surface area contributed by atoms with Crippen LogP contribution in [0.15, 0.2) is 42.5 Å². The minimum absolute atomic E-state index is 0.803. The normalized spacial score (nSPS) is 10.5. The molecule has 0 radical (unpaired) electrons. The monoisotopic (exact) mass is 297 g/mol. The van der Waals surface area contributed by atoms with E-state index in [1.807, 2.05) is 0 Å². The van der Waals surface area contributed by atoms with Gasteiger partial charge in [-0.05, 0) is 48.6 Å². The molecule has 0 spiro atoms. The van der Waals surface area contributed by atoms with Gasteiger partial charge in [-0.1, -0.05) is 50.6 Å². The minimum atomic E-state index is 0.803. The molecule has 2 aromatic carbocycles. The fourth-order valence-corrected chi connectivity index (χ4v) is 2.50. The Morgan fingerprint density at radius 3 is 2.45 bits per heavy atom. The van der Waals surface area contributed by atoms with Gasteiger partial charge in [-0.2, -0.15) is 0 Å². The first-order valence-electron chi connectivity index (χ1n) is 8.28. The van der Waals surface area contributed by atoms with Crippen molar-refractivity contribution in [2.24, 2.45) is 0 Å². The Morgan fingerprint density at radius 2 is 1.77 bits per heavy atom. The van der Waals surface area contributed by atoms with Crippen molar-refractivity contribution in [3.63, 3.8) is 0 Å². The molecule has 0 heterocycles. The Morgan fingerprint density at radius 1 is 1.00 bits per heavy atom. The van der Waals surface area contributed by atoms with Gasteiger partial charge in [-0.25, -0.2) is 0 Å². The van der Waals surface area contributed by atoms with Gasteiger partial charge in [0.2, 0.25) is 0 Å². The van der Waals surface area contributed by atoms with Crippen molar-refractivity contribution in [2.45, 2.75) is 46.6 Å². The average Bonchev–Trinajstić information content (AvgIpc) is 2.55. The molecule has 0 fully saturated rings. The zero-order valence-electron chi connectivity index (χ0n) is 14.0. The molecule has 0 saturated heterocycles. The van der Waals surface area contributed by atoms with Crippen molar-refractivity contribution in [3.8, 4) is 5.75 Å². The first kappa shape index (κ1) is 16.4. The molecule has 0 atom stereocenters. The van der Waals surface area contributed by atoms with E-state index in [0.717, 1.165) is 38.2 Å². The highest BCUT2D eigenvalue weighted by Crippen LogP contribution is 2.22. The molecule has 0 bridgehead atoms. The maximum atomic E-state index is 5.70. The van der Waals surface area contributed by atoms with E-state index in [1.165, 1.54) is 22.4 Å². The van der Waals surface area contributed by atoms with Crippen LogP contribution < -0.4 is 10.1 Å². The van der Waals surface area contributed by atoms with E-state index in [9.17, 15) is 0 Å². The zero-order chi connectivity index (χ0) is 15.8. The first-order valence-corrected chi connectivity index (χ1v) is 8.28. The summed E-state index contributed by atoms with van der Waals surface area (Å²) in [4.78, 5) is 0. The third kappa shape index (κ3) is 4.52. The van der Waals surface area contributed by atoms with Crippen LogP contribution in [-0.4, -0.2) is 6.61 Å². The smallest absolute Gasteiger partial charge is 0.119 e. The fraction of sp³-hybridized carbons (Fsp3) is 0.400. The molecular weight excluding hydrogens is 270 g/mol. The lowest BCUT2D eigenvalue weighted by molar-refractivity contribution is 0.309. The summed E-state index contributed by atoms with van der Waals surface area (Å²) in [5.74, 6) is 0.960. The van der Waals surface area contributed by atoms with Crippen molar-refractivity contribution in [1.82, 2.24) is 0 Å². The van der Waals surface area contributed by atoms with Crippen LogP contribution >= 0.6 is 0 Å². The standard InChI is InChI=1S/C20H27NO/c1-4-6-14-22-19-12-10-17(11-13-19)15-21-20-16(3)8-7-9-18(20)5-2/h7-13,21H,4-6,14-15H2,1-3H3. The largest absolute Gasteiger partial charge is 0.494 e. The lowest BCUT2D eigenvalue weighted by Gasteiger charge is -2.14. The first-order chi connectivity index (χ1) is 10.7. The van der Waals surface area contributed by atoms with Gasteiger partial charge in [0.25, 0.3) is 0 Å². The number of para-hydroxylation sites is 1. The number of nitrogens with one attached hydrogen (secondary N) is 1. The number of anilines is 1. The average molecular weight is 297 g/mol. The third-order valence-corrected chi connectivity index (χ3v) is 3.90. The summed E-state index contributed by atoms with van der Waals surface area (Å²) in [6, 6.07) is 14.9. The summed E-state index contributed by atoms with van der Waals surface area (Å²) in [6.07, 6.45) is 3.32. The lowest BCUT2D eigenvalue weighted by Crippen LogP contribution is -2.04. The number of rotatable bonds is 8. The Labute approximate surface area is 134 Å². The predicted octanol–water partition coefficient (Wildman–Crippen LogP) is 5.35. The number of aryl methyl sites for hydroxylation is 2. The third-order valence-electron chi connectivity index (χ3n) is 3.90. The summed E-state index contributed by atoms with van der Waals surface area (Å²) < 4.78 is 5.70. The molecule has 1 N–H and O–H groups in total. The van der Waals surface area contributed by atoms with E-state index in [1.54, 1.807) is 0 Å². The summed E-state index contributed by atoms with van der Waals surface area (Å²) in [5, 5.41) is 3.58. The van der Waals surface area contributed by atoms with Crippen LogP contribution in [0.3, 0.4) is 0 Å². The molecule has 2 nitrogen and oxygen atoms in total. The summed E-state index contributed by atoms with van der Waals surface area (Å²) in [6.45, 7) is 8.17. The second-order valence-corrected chi connectivity index (χ2v) is 5.66. The highest BCUT2D eigenvalue weighted by molar-refractivity contribution is 5.57. The van der Waals surface area contributed by atoms with Gasteiger partial charge in [0.1, 0.15) is 5.75 Å². The van der Waals surface area contributed by atoms with Crippen LogP contribution in [0.5, 0.6) is 5.75 Å². The maximum absolute atomic E-state index is 5.70. The van der Waals surface area contributed by atoms with Gasteiger partial charge >= 0.3 is 0 Å². The Balaban J connectivity index is 1.95. The Bertz CT molecular complexity index is 575. The molecule has 0 aliphatic heterocycles. The Kier molecular flexibility index (Phi) is 6.32. The molecule has 0 aliphatic carbocycles. The van der Waals surface area contributed by atoms with Crippen LogP contribution in [0.25, 0.3) is 0 Å². The van der Waals surface area contributed by atoms with Crippen molar-refractivity contribution >= 4 is 5.69 Å². The van der Waals surface area contributed by atoms with Gasteiger partial charge < -0.3 is 10.1 Å². The number of hydrogen-bond acceptors (Lipinski definition) is 2. The highest BCUT2D eigenvalue weighted by Gasteiger charge is 2.04. The molecule has 0 amide bonds. The summed E-state index contributed by atoms with van der Waals surface area (Å²) in [7, 11) is 0. The Hall–Kier alpha value is -1.96. The molecule has 22 heavy (non-hydrogen) atoms. The zero-order valence-corrected chi connectivity index (χ0v) is 14.0. The molecule has 118 valence electrons. The molecule has 0 unspecified atom stereocenters. The predicted molar refractivity (Wildman–Crippen MR) is 94.7 cm³/mol. The molecule has 2 heteroatoms. The van der Waals surface area contributed by atoms with E-state index in [2.05, 4.69) is 68.6 Å². The van der Waals surface area contributed by atoms with Crippen LogP contribution in [0.1, 0.15) is 43.4 Å². The number of benzene rings is 2. The SMILES string of the molecule is CCCCOc1ccc(CNc2c(C)cccc2CC)cc1.